The van der Waals surface area contributed by atoms with Gasteiger partial charge in [0.25, 0.3) is 0 Å². The predicted octanol–water partition coefficient (Wildman–Crippen LogP) is 3.25. The van der Waals surface area contributed by atoms with Gasteiger partial charge in [-0.1, -0.05) is 18.2 Å². The summed E-state index contributed by atoms with van der Waals surface area (Å²) in [5.74, 6) is 1.00. The molecule has 2 aromatic rings. The van der Waals surface area contributed by atoms with Crippen molar-refractivity contribution < 1.29 is 9.53 Å². The maximum absolute atomic E-state index is 13.0. The molecule has 2 aliphatic rings. The van der Waals surface area contributed by atoms with Gasteiger partial charge in [0.1, 0.15) is 17.4 Å². The monoisotopic (exact) mass is 365 g/mol. The maximum Gasteiger partial charge on any atom is 0.242 e. The number of hydrogen-bond acceptors (Lipinski definition) is 4. The van der Waals surface area contributed by atoms with Crippen LogP contribution in [0.3, 0.4) is 0 Å². The fourth-order valence-electron chi connectivity index (χ4n) is 4.12. The molecule has 4 rings (SSSR count). The standard InChI is InChI=1S/C22H27N3O2/c1-22(2)13-18-12-16(7-8-19(18)27-22)14-24-21(26)20(25-10-3-4-11-25)17-6-5-9-23-15-17/h5-9,12,15,20H,3-4,10-11,13-14H2,1-2H3,(H,24,26)/t20-/m1/s1. The van der Waals surface area contributed by atoms with Gasteiger partial charge in [-0.15, -0.1) is 0 Å². The summed E-state index contributed by atoms with van der Waals surface area (Å²) in [6.07, 6.45) is 6.74. The van der Waals surface area contributed by atoms with Crippen LogP contribution in [0.1, 0.15) is 49.4 Å². The van der Waals surface area contributed by atoms with Crippen LogP contribution in [0.25, 0.3) is 0 Å². The quantitative estimate of drug-likeness (QED) is 0.884. The smallest absolute Gasteiger partial charge is 0.242 e. The summed E-state index contributed by atoms with van der Waals surface area (Å²) in [5, 5.41) is 3.14. The van der Waals surface area contributed by atoms with E-state index in [1.807, 2.05) is 24.3 Å². The van der Waals surface area contributed by atoms with E-state index >= 15 is 0 Å². The Hall–Kier alpha value is -2.40. The van der Waals surface area contributed by atoms with Gasteiger partial charge in [0.2, 0.25) is 5.91 Å². The number of ether oxygens (including phenoxy) is 1. The first-order valence-corrected chi connectivity index (χ1v) is 9.74. The van der Waals surface area contributed by atoms with Crippen LogP contribution in [-0.2, 0) is 17.8 Å². The van der Waals surface area contributed by atoms with Crippen molar-refractivity contribution in [3.8, 4) is 5.75 Å². The van der Waals surface area contributed by atoms with Gasteiger partial charge < -0.3 is 10.1 Å². The molecule has 27 heavy (non-hydrogen) atoms. The number of nitrogens with one attached hydrogen (secondary N) is 1. The van der Waals surface area contributed by atoms with E-state index in [2.05, 4.69) is 35.1 Å². The zero-order valence-electron chi connectivity index (χ0n) is 16.1. The van der Waals surface area contributed by atoms with Crippen molar-refractivity contribution in [1.82, 2.24) is 15.2 Å². The largest absolute Gasteiger partial charge is 0.487 e. The number of hydrogen-bond donors (Lipinski definition) is 1. The summed E-state index contributed by atoms with van der Waals surface area (Å²) in [6, 6.07) is 9.83. The highest BCUT2D eigenvalue weighted by Gasteiger charge is 2.31. The first kappa shape index (κ1) is 18.0. The molecule has 0 aliphatic carbocycles. The second-order valence-electron chi connectivity index (χ2n) is 8.13. The lowest BCUT2D eigenvalue weighted by atomic mass is 10.00. The number of carbonyl (C=O) groups is 1. The average molecular weight is 365 g/mol. The SMILES string of the molecule is CC1(C)Cc2cc(CNC(=O)[C@@H](c3cccnc3)N3CCCC3)ccc2O1. The molecule has 1 saturated heterocycles. The van der Waals surface area contributed by atoms with Gasteiger partial charge in [-0.2, -0.15) is 0 Å². The third-order valence-electron chi connectivity index (χ3n) is 5.35. The van der Waals surface area contributed by atoms with Crippen LogP contribution in [-0.4, -0.2) is 34.5 Å². The van der Waals surface area contributed by atoms with E-state index in [4.69, 9.17) is 4.74 Å². The molecular weight excluding hydrogens is 338 g/mol. The topological polar surface area (TPSA) is 54.5 Å². The Kier molecular flexibility index (Phi) is 4.87. The molecule has 1 aromatic heterocycles. The van der Waals surface area contributed by atoms with Gasteiger partial charge >= 0.3 is 0 Å². The van der Waals surface area contributed by atoms with E-state index in [0.29, 0.717) is 6.54 Å². The Bertz CT molecular complexity index is 814. The highest BCUT2D eigenvalue weighted by atomic mass is 16.5. The molecule has 142 valence electrons. The summed E-state index contributed by atoms with van der Waals surface area (Å²) in [4.78, 5) is 19.5. The molecule has 0 radical (unpaired) electrons. The molecule has 5 heteroatoms. The molecular formula is C22H27N3O2. The molecule has 1 atom stereocenters. The summed E-state index contributed by atoms with van der Waals surface area (Å²) in [5.41, 5.74) is 3.14. The number of pyridine rings is 1. The van der Waals surface area contributed by atoms with Crippen LogP contribution in [0.4, 0.5) is 0 Å². The first-order valence-electron chi connectivity index (χ1n) is 9.74. The summed E-state index contributed by atoms with van der Waals surface area (Å²) in [7, 11) is 0. The van der Waals surface area contributed by atoms with E-state index in [0.717, 1.165) is 49.2 Å². The zero-order chi connectivity index (χ0) is 18.9. The van der Waals surface area contributed by atoms with Crippen molar-refractivity contribution >= 4 is 5.91 Å². The van der Waals surface area contributed by atoms with Gasteiger partial charge in [-0.3, -0.25) is 14.7 Å². The van der Waals surface area contributed by atoms with Crippen molar-refractivity contribution in [3.63, 3.8) is 0 Å². The number of carbonyl (C=O) groups excluding carboxylic acids is 1. The fourth-order valence-corrected chi connectivity index (χ4v) is 4.12. The Morgan fingerprint density at radius 2 is 2.11 bits per heavy atom. The fraction of sp³-hybridized carbons (Fsp3) is 0.455. The van der Waals surface area contributed by atoms with Crippen molar-refractivity contribution in [2.24, 2.45) is 0 Å². The van der Waals surface area contributed by atoms with Crippen LogP contribution in [0.15, 0.2) is 42.7 Å². The molecule has 0 unspecified atom stereocenters. The van der Waals surface area contributed by atoms with Crippen LogP contribution >= 0.6 is 0 Å². The second-order valence-corrected chi connectivity index (χ2v) is 8.13. The number of fused-ring (bicyclic) bond motifs is 1. The van der Waals surface area contributed by atoms with Crippen molar-refractivity contribution in [2.45, 2.75) is 51.3 Å². The lowest BCUT2D eigenvalue weighted by Crippen LogP contribution is -2.39. The average Bonchev–Trinajstić information content (AvgIpc) is 3.27. The third kappa shape index (κ3) is 3.98. The summed E-state index contributed by atoms with van der Waals surface area (Å²) >= 11 is 0. The highest BCUT2D eigenvalue weighted by Crippen LogP contribution is 2.35. The molecule has 1 aromatic carbocycles. The minimum atomic E-state index is -0.266. The van der Waals surface area contributed by atoms with Crippen molar-refractivity contribution in [1.29, 1.82) is 0 Å². The van der Waals surface area contributed by atoms with Crippen LogP contribution in [0, 0.1) is 0 Å². The molecule has 3 heterocycles. The van der Waals surface area contributed by atoms with Crippen molar-refractivity contribution in [2.75, 3.05) is 13.1 Å². The zero-order valence-corrected chi connectivity index (χ0v) is 16.1. The Morgan fingerprint density at radius 1 is 1.30 bits per heavy atom. The van der Waals surface area contributed by atoms with E-state index in [1.165, 1.54) is 5.56 Å². The number of aromatic nitrogens is 1. The molecule has 2 aliphatic heterocycles. The summed E-state index contributed by atoms with van der Waals surface area (Å²) < 4.78 is 5.94. The Morgan fingerprint density at radius 3 is 2.85 bits per heavy atom. The second kappa shape index (κ2) is 7.31. The number of rotatable bonds is 5. The highest BCUT2D eigenvalue weighted by molar-refractivity contribution is 5.83. The molecule has 0 spiro atoms. The van der Waals surface area contributed by atoms with E-state index in [9.17, 15) is 4.79 Å². The van der Waals surface area contributed by atoms with Gasteiger partial charge in [0.15, 0.2) is 0 Å². The third-order valence-corrected chi connectivity index (χ3v) is 5.35. The molecule has 1 N–H and O–H groups in total. The van der Waals surface area contributed by atoms with Gasteiger partial charge in [0, 0.05) is 25.4 Å². The Labute approximate surface area is 160 Å². The molecule has 5 nitrogen and oxygen atoms in total. The number of amides is 1. The normalized spacial score (nSPS) is 19.3. The first-order chi connectivity index (χ1) is 13.0. The molecule has 0 saturated carbocycles. The molecule has 1 fully saturated rings. The predicted molar refractivity (Wildman–Crippen MR) is 104 cm³/mol. The van der Waals surface area contributed by atoms with Gasteiger partial charge in [0.05, 0.1) is 0 Å². The maximum atomic E-state index is 13.0. The lowest BCUT2D eigenvalue weighted by molar-refractivity contribution is -0.126. The number of likely N-dealkylation sites (tertiary alicyclic amines) is 1. The van der Waals surface area contributed by atoms with Crippen LogP contribution in [0.5, 0.6) is 5.75 Å². The minimum absolute atomic E-state index is 0.0435. The van der Waals surface area contributed by atoms with Gasteiger partial charge in [-0.05, 0) is 68.6 Å². The van der Waals surface area contributed by atoms with E-state index in [1.54, 1.807) is 12.4 Å². The van der Waals surface area contributed by atoms with Crippen LogP contribution < -0.4 is 10.1 Å². The van der Waals surface area contributed by atoms with Gasteiger partial charge in [-0.25, -0.2) is 0 Å². The van der Waals surface area contributed by atoms with E-state index in [-0.39, 0.29) is 17.6 Å². The minimum Gasteiger partial charge on any atom is -0.487 e. The van der Waals surface area contributed by atoms with Crippen molar-refractivity contribution in [3.05, 3.63) is 59.4 Å². The molecule has 1 amide bonds. The Balaban J connectivity index is 1.46. The van der Waals surface area contributed by atoms with E-state index < -0.39 is 0 Å². The number of benzene rings is 1. The summed E-state index contributed by atoms with van der Waals surface area (Å²) in [6.45, 7) is 6.64. The van der Waals surface area contributed by atoms with Crippen LogP contribution in [0.2, 0.25) is 0 Å². The number of nitrogens with zero attached hydrogens (tertiary/aromatic N) is 2. The lowest BCUT2D eigenvalue weighted by Gasteiger charge is -2.26. The molecule has 0 bridgehead atoms.